The average molecular weight is 253 g/mol. The first-order valence-corrected chi connectivity index (χ1v) is 6.71. The van der Waals surface area contributed by atoms with Gasteiger partial charge in [-0.05, 0) is 31.6 Å². The highest BCUT2D eigenvalue weighted by Gasteiger charge is 2.40. The van der Waals surface area contributed by atoms with E-state index >= 15 is 0 Å². The summed E-state index contributed by atoms with van der Waals surface area (Å²) >= 11 is 0. The van der Waals surface area contributed by atoms with Crippen molar-refractivity contribution in [2.45, 2.75) is 57.6 Å². The molecule has 0 aliphatic heterocycles. The molecule has 0 spiro atoms. The second-order valence-corrected chi connectivity index (χ2v) is 5.53. The maximum atomic E-state index is 6.02. The zero-order chi connectivity index (χ0) is 13.2. The fourth-order valence-corrected chi connectivity index (χ4v) is 2.43. The molecule has 1 aromatic heterocycles. The third-order valence-corrected chi connectivity index (χ3v) is 3.94. The van der Waals surface area contributed by atoms with Crippen molar-refractivity contribution in [2.24, 2.45) is 11.7 Å². The van der Waals surface area contributed by atoms with Crippen molar-refractivity contribution in [1.29, 1.82) is 0 Å². The lowest BCUT2D eigenvalue weighted by molar-refractivity contribution is -0.0178. The highest BCUT2D eigenvalue weighted by atomic mass is 16.5. The van der Waals surface area contributed by atoms with Crippen LogP contribution in [0.3, 0.4) is 0 Å². The van der Waals surface area contributed by atoms with Crippen LogP contribution in [0, 0.1) is 5.92 Å². The van der Waals surface area contributed by atoms with Gasteiger partial charge in [0.2, 0.25) is 11.7 Å². The Hall–Kier alpha value is -0.940. The molecule has 1 atom stereocenters. The van der Waals surface area contributed by atoms with Crippen LogP contribution in [-0.4, -0.2) is 23.3 Å². The Kier molecular flexibility index (Phi) is 4.02. The lowest BCUT2D eigenvalue weighted by Gasteiger charge is -2.22. The number of nitrogens with zero attached hydrogens (tertiary/aromatic N) is 2. The molecule has 1 fully saturated rings. The number of hydrogen-bond donors (Lipinski definition) is 1. The van der Waals surface area contributed by atoms with E-state index in [0.29, 0.717) is 24.1 Å². The zero-order valence-electron chi connectivity index (χ0n) is 11.5. The maximum absolute atomic E-state index is 6.02. The summed E-state index contributed by atoms with van der Waals surface area (Å²) in [5.41, 5.74) is 5.69. The molecule has 1 heterocycles. The molecule has 1 aliphatic rings. The Balaban J connectivity index is 2.10. The van der Waals surface area contributed by atoms with E-state index in [2.05, 4.69) is 24.0 Å². The van der Waals surface area contributed by atoms with E-state index in [-0.39, 0.29) is 11.6 Å². The largest absolute Gasteiger partial charge is 0.370 e. The third-order valence-electron chi connectivity index (χ3n) is 3.94. The minimum atomic E-state index is -0.330. The molecule has 1 aromatic rings. The van der Waals surface area contributed by atoms with Gasteiger partial charge in [-0.1, -0.05) is 19.0 Å². The lowest BCUT2D eigenvalue weighted by Crippen LogP contribution is -2.29. The summed E-state index contributed by atoms with van der Waals surface area (Å²) < 4.78 is 10.9. The van der Waals surface area contributed by atoms with E-state index in [1.165, 1.54) is 0 Å². The summed E-state index contributed by atoms with van der Waals surface area (Å²) in [5.74, 6) is 1.71. The summed E-state index contributed by atoms with van der Waals surface area (Å²) in [6.45, 7) is 4.19. The van der Waals surface area contributed by atoms with Crippen LogP contribution in [0.15, 0.2) is 4.52 Å². The van der Waals surface area contributed by atoms with Crippen molar-refractivity contribution in [3.05, 3.63) is 11.7 Å². The van der Waals surface area contributed by atoms with Gasteiger partial charge < -0.3 is 15.0 Å². The van der Waals surface area contributed by atoms with Gasteiger partial charge in [0, 0.05) is 19.6 Å². The van der Waals surface area contributed by atoms with Gasteiger partial charge in [0.15, 0.2) is 0 Å². The van der Waals surface area contributed by atoms with Crippen molar-refractivity contribution in [1.82, 2.24) is 10.1 Å². The van der Waals surface area contributed by atoms with Gasteiger partial charge in [-0.2, -0.15) is 4.98 Å². The van der Waals surface area contributed by atoms with Crippen LogP contribution < -0.4 is 5.73 Å². The molecule has 1 aliphatic carbocycles. The Bertz CT molecular complexity index is 383. The molecule has 18 heavy (non-hydrogen) atoms. The Morgan fingerprint density at radius 1 is 1.39 bits per heavy atom. The fourth-order valence-electron chi connectivity index (χ4n) is 2.43. The number of hydrogen-bond acceptors (Lipinski definition) is 5. The van der Waals surface area contributed by atoms with Gasteiger partial charge in [0.05, 0.1) is 0 Å². The number of ether oxygens (including phenoxy) is 1. The van der Waals surface area contributed by atoms with Crippen LogP contribution in [0.1, 0.15) is 51.2 Å². The van der Waals surface area contributed by atoms with Crippen LogP contribution >= 0.6 is 0 Å². The van der Waals surface area contributed by atoms with E-state index in [9.17, 15) is 0 Å². The highest BCUT2D eigenvalue weighted by molar-refractivity contribution is 5.04. The van der Waals surface area contributed by atoms with E-state index in [4.69, 9.17) is 15.0 Å². The van der Waals surface area contributed by atoms with E-state index in [1.807, 2.05) is 0 Å². The summed E-state index contributed by atoms with van der Waals surface area (Å²) in [5, 5.41) is 4.09. The second kappa shape index (κ2) is 5.36. The molecule has 0 radical (unpaired) electrons. The Morgan fingerprint density at radius 3 is 2.61 bits per heavy atom. The molecule has 0 saturated heterocycles. The number of nitrogens with two attached hydrogens (primary N) is 1. The van der Waals surface area contributed by atoms with Crippen molar-refractivity contribution in [3.63, 3.8) is 0 Å². The summed E-state index contributed by atoms with van der Waals surface area (Å²) in [4.78, 5) is 4.47. The van der Waals surface area contributed by atoms with Crippen molar-refractivity contribution < 1.29 is 9.26 Å². The van der Waals surface area contributed by atoms with Gasteiger partial charge in [0.1, 0.15) is 5.60 Å². The summed E-state index contributed by atoms with van der Waals surface area (Å²) in [7, 11) is 1.72. The molecular formula is C13H23N3O2. The molecule has 5 nitrogen and oxygen atoms in total. The zero-order valence-corrected chi connectivity index (χ0v) is 11.5. The van der Waals surface area contributed by atoms with Crippen molar-refractivity contribution in [2.75, 3.05) is 7.11 Å². The van der Waals surface area contributed by atoms with Crippen LogP contribution in [0.5, 0.6) is 0 Å². The number of aromatic nitrogens is 2. The molecule has 1 saturated carbocycles. The molecule has 102 valence electrons. The molecule has 0 bridgehead atoms. The topological polar surface area (TPSA) is 74.2 Å². The Morgan fingerprint density at radius 2 is 2.06 bits per heavy atom. The Labute approximate surface area is 108 Å². The normalized spacial score (nSPS) is 20.5. The molecule has 2 N–H and O–H groups in total. The SMILES string of the molecule is COC1(c2noc(CC(N)C(C)C)n2)CCCC1. The number of rotatable bonds is 5. The monoisotopic (exact) mass is 253 g/mol. The molecular weight excluding hydrogens is 230 g/mol. The average Bonchev–Trinajstić information content (AvgIpc) is 2.97. The van der Waals surface area contributed by atoms with Crippen LogP contribution in [0.2, 0.25) is 0 Å². The molecule has 0 aromatic carbocycles. The minimum Gasteiger partial charge on any atom is -0.370 e. The molecule has 0 amide bonds. The standard InChI is InChI=1S/C13H23N3O2/c1-9(2)10(14)8-11-15-12(16-18-11)13(17-3)6-4-5-7-13/h9-10H,4-8,14H2,1-3H3. The smallest absolute Gasteiger partial charge is 0.228 e. The molecule has 1 unspecified atom stereocenters. The highest BCUT2D eigenvalue weighted by Crippen LogP contribution is 2.40. The predicted octanol–water partition coefficient (Wildman–Crippen LogP) is 2.01. The van der Waals surface area contributed by atoms with Crippen LogP contribution in [0.4, 0.5) is 0 Å². The van der Waals surface area contributed by atoms with E-state index < -0.39 is 0 Å². The molecule has 2 rings (SSSR count). The summed E-state index contributed by atoms with van der Waals surface area (Å²) in [6, 6.07) is 0.0559. The van der Waals surface area contributed by atoms with Crippen molar-refractivity contribution in [3.8, 4) is 0 Å². The fraction of sp³-hybridized carbons (Fsp3) is 0.846. The predicted molar refractivity (Wildman–Crippen MR) is 68.0 cm³/mol. The quantitative estimate of drug-likeness (QED) is 0.868. The molecule has 5 heteroatoms. The maximum Gasteiger partial charge on any atom is 0.228 e. The first-order valence-electron chi connectivity index (χ1n) is 6.71. The first-order chi connectivity index (χ1) is 8.57. The van der Waals surface area contributed by atoms with Crippen LogP contribution in [-0.2, 0) is 16.8 Å². The lowest BCUT2D eigenvalue weighted by atomic mass is 10.0. The second-order valence-electron chi connectivity index (χ2n) is 5.53. The minimum absolute atomic E-state index is 0.0559. The van der Waals surface area contributed by atoms with Crippen molar-refractivity contribution >= 4 is 0 Å². The van der Waals surface area contributed by atoms with Gasteiger partial charge in [-0.25, -0.2) is 0 Å². The van der Waals surface area contributed by atoms with Gasteiger partial charge >= 0.3 is 0 Å². The summed E-state index contributed by atoms with van der Waals surface area (Å²) in [6.07, 6.45) is 4.88. The first kappa shape index (κ1) is 13.5. The van der Waals surface area contributed by atoms with Gasteiger partial charge in [0.25, 0.3) is 0 Å². The van der Waals surface area contributed by atoms with Gasteiger partial charge in [-0.3, -0.25) is 0 Å². The third kappa shape index (κ3) is 2.57. The van der Waals surface area contributed by atoms with E-state index in [0.717, 1.165) is 25.7 Å². The van der Waals surface area contributed by atoms with E-state index in [1.54, 1.807) is 7.11 Å². The number of methoxy groups -OCH3 is 1. The van der Waals surface area contributed by atoms with Crippen LogP contribution in [0.25, 0.3) is 0 Å². The van der Waals surface area contributed by atoms with Gasteiger partial charge in [-0.15, -0.1) is 0 Å².